The maximum atomic E-state index is 14.0. The molecule has 0 bridgehead atoms. The van der Waals surface area contributed by atoms with Gasteiger partial charge in [0, 0.05) is 6.54 Å². The van der Waals surface area contributed by atoms with E-state index in [1.54, 1.807) is 4.90 Å². The average Bonchev–Trinajstić information content (AvgIpc) is 3.32. The van der Waals surface area contributed by atoms with Crippen LogP contribution in [0.3, 0.4) is 0 Å². The first kappa shape index (κ1) is 17.8. The molecule has 27 heavy (non-hydrogen) atoms. The van der Waals surface area contributed by atoms with Crippen LogP contribution in [0.1, 0.15) is 36.3 Å². The third kappa shape index (κ3) is 3.03. The highest BCUT2D eigenvalue weighted by molar-refractivity contribution is 5.90. The molecule has 1 spiro atoms. The van der Waals surface area contributed by atoms with Crippen molar-refractivity contribution in [3.63, 3.8) is 0 Å². The van der Waals surface area contributed by atoms with Crippen molar-refractivity contribution in [1.82, 2.24) is 15.0 Å². The first-order valence-corrected chi connectivity index (χ1v) is 8.54. The van der Waals surface area contributed by atoms with Crippen molar-refractivity contribution in [3.05, 3.63) is 29.3 Å². The van der Waals surface area contributed by atoms with Gasteiger partial charge in [-0.05, 0) is 18.9 Å². The lowest BCUT2D eigenvalue weighted by Gasteiger charge is -2.40. The predicted molar refractivity (Wildman–Crippen MR) is 84.3 cm³/mol. The van der Waals surface area contributed by atoms with E-state index >= 15 is 0 Å². The van der Waals surface area contributed by atoms with Crippen molar-refractivity contribution in [2.75, 3.05) is 19.7 Å². The van der Waals surface area contributed by atoms with Crippen LogP contribution >= 0.6 is 0 Å². The number of halogens is 3. The summed E-state index contributed by atoms with van der Waals surface area (Å²) in [5.74, 6) is -7.53. The van der Waals surface area contributed by atoms with Gasteiger partial charge < -0.3 is 19.3 Å². The number of phenolic OH excluding ortho intramolecular Hbond substituents is 1. The molecular formula is C17H16F3N3O4. The normalized spacial score (nSPS) is 19.0. The summed E-state index contributed by atoms with van der Waals surface area (Å²) in [6, 6.07) is 0.481. The van der Waals surface area contributed by atoms with Gasteiger partial charge in [0.2, 0.25) is 5.82 Å². The van der Waals surface area contributed by atoms with Crippen LogP contribution in [0.4, 0.5) is 13.2 Å². The predicted octanol–water partition coefficient (Wildman–Crippen LogP) is 2.64. The molecule has 7 nitrogen and oxygen atoms in total. The third-order valence-electron chi connectivity index (χ3n) is 5.03. The molecule has 2 heterocycles. The van der Waals surface area contributed by atoms with E-state index in [4.69, 9.17) is 9.26 Å². The summed E-state index contributed by atoms with van der Waals surface area (Å²) in [7, 11) is 0. The second-order valence-corrected chi connectivity index (χ2v) is 6.77. The van der Waals surface area contributed by atoms with Gasteiger partial charge in [0.15, 0.2) is 17.4 Å². The summed E-state index contributed by atoms with van der Waals surface area (Å²) in [5, 5.41) is 12.8. The molecule has 2 aliphatic rings. The smallest absolute Gasteiger partial charge is 0.295 e. The lowest BCUT2D eigenvalue weighted by molar-refractivity contribution is -0.0950. The Morgan fingerprint density at radius 1 is 1.22 bits per heavy atom. The zero-order valence-electron chi connectivity index (χ0n) is 14.2. The Labute approximate surface area is 151 Å². The van der Waals surface area contributed by atoms with Crippen molar-refractivity contribution >= 4 is 5.91 Å². The van der Waals surface area contributed by atoms with Crippen molar-refractivity contribution in [2.45, 2.75) is 31.3 Å². The number of benzene rings is 1. The topological polar surface area (TPSA) is 88.7 Å². The third-order valence-corrected chi connectivity index (χ3v) is 5.03. The maximum absolute atomic E-state index is 14.0. The van der Waals surface area contributed by atoms with Gasteiger partial charge >= 0.3 is 0 Å². The summed E-state index contributed by atoms with van der Waals surface area (Å²) in [6.45, 7) is 1.14. The number of hydrogen-bond donors (Lipinski definition) is 1. The zero-order chi connectivity index (χ0) is 19.2. The number of phenols is 1. The second kappa shape index (κ2) is 6.52. The molecule has 1 aliphatic carbocycles. The van der Waals surface area contributed by atoms with Gasteiger partial charge in [-0.15, -0.1) is 0 Å². The quantitative estimate of drug-likeness (QED) is 0.802. The van der Waals surface area contributed by atoms with Gasteiger partial charge in [-0.1, -0.05) is 18.0 Å². The summed E-state index contributed by atoms with van der Waals surface area (Å²) >= 11 is 0. The molecule has 4 rings (SSSR count). The van der Waals surface area contributed by atoms with Gasteiger partial charge in [-0.2, -0.15) is 9.37 Å². The molecule has 1 saturated carbocycles. The Morgan fingerprint density at radius 2 is 1.96 bits per heavy atom. The molecule has 0 radical (unpaired) electrons. The first-order valence-electron chi connectivity index (χ1n) is 8.54. The van der Waals surface area contributed by atoms with Gasteiger partial charge in [0.25, 0.3) is 17.6 Å². The lowest BCUT2D eigenvalue weighted by atomic mass is 9.99. The molecular weight excluding hydrogens is 367 g/mol. The highest BCUT2D eigenvalue weighted by atomic mass is 19.2. The molecule has 144 valence electrons. The lowest BCUT2D eigenvalue weighted by Crippen LogP contribution is -2.52. The van der Waals surface area contributed by atoms with Crippen LogP contribution in [-0.2, 0) is 4.74 Å². The molecule has 0 atom stereocenters. The Morgan fingerprint density at radius 3 is 2.70 bits per heavy atom. The largest absolute Gasteiger partial charge is 0.503 e. The Bertz CT molecular complexity index is 896. The number of nitrogens with zero attached hydrogens (tertiary/aromatic N) is 3. The van der Waals surface area contributed by atoms with Gasteiger partial charge in [-0.25, -0.2) is 8.78 Å². The number of morpholine rings is 1. The van der Waals surface area contributed by atoms with E-state index in [2.05, 4.69) is 10.1 Å². The fourth-order valence-corrected chi connectivity index (χ4v) is 3.65. The zero-order valence-corrected chi connectivity index (χ0v) is 14.2. The van der Waals surface area contributed by atoms with E-state index in [0.29, 0.717) is 25.8 Å². The second-order valence-electron chi connectivity index (χ2n) is 6.77. The van der Waals surface area contributed by atoms with Crippen molar-refractivity contribution in [2.24, 2.45) is 0 Å². The van der Waals surface area contributed by atoms with Crippen molar-refractivity contribution in [3.8, 4) is 17.2 Å². The van der Waals surface area contributed by atoms with E-state index in [-0.39, 0.29) is 11.4 Å². The van der Waals surface area contributed by atoms with E-state index in [0.717, 1.165) is 25.7 Å². The summed E-state index contributed by atoms with van der Waals surface area (Å²) in [5.41, 5.74) is -0.981. The van der Waals surface area contributed by atoms with E-state index < -0.39 is 40.6 Å². The number of hydrogen-bond acceptors (Lipinski definition) is 6. The molecule has 1 aliphatic heterocycles. The van der Waals surface area contributed by atoms with E-state index in [1.165, 1.54) is 0 Å². The highest BCUT2D eigenvalue weighted by Crippen LogP contribution is 2.36. The molecule has 1 saturated heterocycles. The van der Waals surface area contributed by atoms with Gasteiger partial charge in [0.1, 0.15) is 0 Å². The van der Waals surface area contributed by atoms with Gasteiger partial charge in [0.05, 0.1) is 24.3 Å². The molecule has 0 unspecified atom stereocenters. The molecule has 1 aromatic heterocycles. The fourth-order valence-electron chi connectivity index (χ4n) is 3.65. The van der Waals surface area contributed by atoms with E-state index in [1.807, 2.05) is 0 Å². The minimum atomic E-state index is -1.72. The van der Waals surface area contributed by atoms with Crippen LogP contribution < -0.4 is 0 Å². The molecule has 10 heteroatoms. The summed E-state index contributed by atoms with van der Waals surface area (Å²) < 4.78 is 51.3. The number of carbonyl (C=O) groups is 1. The molecule has 2 fully saturated rings. The fraction of sp³-hybridized carbons (Fsp3) is 0.471. The number of rotatable bonds is 2. The Kier molecular flexibility index (Phi) is 4.29. The standard InChI is InChI=1S/C17H16F3N3O4/c18-10-7-9(11(19)13(24)12(10)20)15-21-14(22-27-15)16(25)23-5-6-26-17(8-23)3-1-2-4-17/h7,24H,1-6,8H2. The number of ether oxygens (including phenoxy) is 1. The van der Waals surface area contributed by atoms with Crippen LogP contribution in [-0.4, -0.2) is 51.4 Å². The summed E-state index contributed by atoms with van der Waals surface area (Å²) in [6.07, 6.45) is 3.81. The maximum Gasteiger partial charge on any atom is 0.295 e. The van der Waals surface area contributed by atoms with Crippen molar-refractivity contribution < 1.29 is 32.3 Å². The minimum Gasteiger partial charge on any atom is -0.503 e. The summed E-state index contributed by atoms with van der Waals surface area (Å²) in [4.78, 5) is 18.0. The highest BCUT2D eigenvalue weighted by Gasteiger charge is 2.41. The molecule has 1 amide bonds. The molecule has 1 aromatic carbocycles. The number of aromatic hydroxyl groups is 1. The number of amides is 1. The van der Waals surface area contributed by atoms with Crippen LogP contribution in [0.2, 0.25) is 0 Å². The SMILES string of the molecule is O=C(c1noc(-c2cc(F)c(F)c(O)c2F)n1)N1CCOC2(CCCC2)C1. The Balaban J connectivity index is 1.59. The van der Waals surface area contributed by atoms with Crippen LogP contribution in [0.15, 0.2) is 10.6 Å². The molecule has 2 aromatic rings. The minimum absolute atomic E-state index is 0.330. The van der Waals surface area contributed by atoms with Crippen LogP contribution in [0.5, 0.6) is 5.75 Å². The Hall–Kier alpha value is -2.62. The average molecular weight is 383 g/mol. The number of aromatic nitrogens is 2. The van der Waals surface area contributed by atoms with Crippen LogP contribution in [0, 0.1) is 17.5 Å². The number of carbonyl (C=O) groups excluding carboxylic acids is 1. The first-order chi connectivity index (χ1) is 12.9. The van der Waals surface area contributed by atoms with Gasteiger partial charge in [-0.3, -0.25) is 4.79 Å². The van der Waals surface area contributed by atoms with E-state index in [9.17, 15) is 23.1 Å². The van der Waals surface area contributed by atoms with Crippen LogP contribution in [0.25, 0.3) is 11.5 Å². The monoisotopic (exact) mass is 383 g/mol. The van der Waals surface area contributed by atoms with Crippen molar-refractivity contribution in [1.29, 1.82) is 0 Å². The molecule has 1 N–H and O–H groups in total.